The normalized spacial score (nSPS) is 12.7. The number of hydrogen-bond donors (Lipinski definition) is 1. The maximum Gasteiger partial charge on any atom is 0.361 e. The molecule has 0 aromatic rings. The second-order valence-corrected chi connectivity index (χ2v) is 27.0. The number of carbonyl (C=O) groups is 3. The topological polar surface area (TPSA) is 108 Å². The maximum atomic E-state index is 13.0. The summed E-state index contributed by atoms with van der Waals surface area (Å²) in [6.45, 7) is 4.95. The molecule has 0 saturated carbocycles. The molecular weight excluding hydrogens is 1050 g/mol. The highest BCUT2D eigenvalue weighted by molar-refractivity contribution is 5.71. The average Bonchev–Trinajstić information content (AvgIpc) is 3.48. The molecule has 1 N–H and O–H groups in total. The van der Waals surface area contributed by atoms with E-state index in [1.165, 1.54) is 315 Å². The molecule has 85 heavy (non-hydrogen) atoms. The fourth-order valence-electron chi connectivity index (χ4n) is 11.5. The van der Waals surface area contributed by atoms with Gasteiger partial charge in [0.05, 0.1) is 34.4 Å². The fourth-order valence-corrected chi connectivity index (χ4v) is 11.5. The minimum absolute atomic E-state index is 0.173. The van der Waals surface area contributed by atoms with Gasteiger partial charge in [0, 0.05) is 12.8 Å². The smallest absolute Gasteiger partial charge is 0.361 e. The summed E-state index contributed by atoms with van der Waals surface area (Å²) in [6.07, 6.45) is 81.8. The predicted octanol–water partition coefficient (Wildman–Crippen LogP) is 23.4. The third kappa shape index (κ3) is 69.1. The van der Waals surface area contributed by atoms with Crippen LogP contribution in [0.3, 0.4) is 0 Å². The number of unbranched alkanes of at least 4 members (excludes halogenated alkanes) is 52. The van der Waals surface area contributed by atoms with Crippen molar-refractivity contribution in [3.8, 4) is 0 Å². The molecule has 502 valence electrons. The maximum absolute atomic E-state index is 13.0. The summed E-state index contributed by atoms with van der Waals surface area (Å²) in [7, 11) is 6.00. The van der Waals surface area contributed by atoms with Crippen LogP contribution in [0.15, 0.2) is 24.3 Å². The van der Waals surface area contributed by atoms with Crippen molar-refractivity contribution in [2.75, 3.05) is 47.5 Å². The van der Waals surface area contributed by atoms with Crippen LogP contribution in [0.4, 0.5) is 0 Å². The van der Waals surface area contributed by atoms with Crippen LogP contribution in [-0.2, 0) is 33.3 Å². The van der Waals surface area contributed by atoms with E-state index in [1.807, 2.05) is 21.1 Å². The molecule has 0 fully saturated rings. The number of esters is 2. The van der Waals surface area contributed by atoms with Crippen LogP contribution in [0.2, 0.25) is 0 Å². The van der Waals surface area contributed by atoms with E-state index in [0.717, 1.165) is 44.9 Å². The lowest BCUT2D eigenvalue weighted by Gasteiger charge is -2.25. The van der Waals surface area contributed by atoms with Crippen molar-refractivity contribution in [2.45, 2.75) is 399 Å². The zero-order valence-corrected chi connectivity index (χ0v) is 57.6. The molecule has 0 aromatic heterocycles. The van der Waals surface area contributed by atoms with Crippen molar-refractivity contribution in [1.29, 1.82) is 0 Å². The zero-order chi connectivity index (χ0) is 61.9. The van der Waals surface area contributed by atoms with Gasteiger partial charge in [-0.15, -0.1) is 0 Å². The second kappa shape index (κ2) is 67.7. The second-order valence-electron chi connectivity index (χ2n) is 27.0. The Labute approximate surface area is 528 Å². The predicted molar refractivity (Wildman–Crippen MR) is 364 cm³/mol. The number of carboxylic acids is 1. The van der Waals surface area contributed by atoms with Crippen molar-refractivity contribution in [2.24, 2.45) is 0 Å². The molecule has 0 radical (unpaired) electrons. The molecule has 0 aliphatic carbocycles. The molecule has 2 unspecified atom stereocenters. The van der Waals surface area contributed by atoms with E-state index in [9.17, 15) is 19.5 Å². The summed E-state index contributed by atoms with van der Waals surface area (Å²) in [4.78, 5) is 37.6. The highest BCUT2D eigenvalue weighted by Crippen LogP contribution is 2.20. The lowest BCUT2D eigenvalue weighted by Crippen LogP contribution is -2.40. The van der Waals surface area contributed by atoms with E-state index in [4.69, 9.17) is 18.9 Å². The number of rotatable bonds is 71. The van der Waals surface area contributed by atoms with Gasteiger partial charge in [0.2, 0.25) is 0 Å². The number of carbonyl (C=O) groups excluding carboxylic acids is 2. The molecule has 0 aliphatic rings. The van der Waals surface area contributed by atoms with Crippen LogP contribution in [0.1, 0.15) is 386 Å². The van der Waals surface area contributed by atoms with Gasteiger partial charge < -0.3 is 28.5 Å². The third-order valence-electron chi connectivity index (χ3n) is 17.2. The number of quaternary nitrogens is 1. The number of ether oxygens (including phenoxy) is 4. The number of carboxylic acid groups (broad SMARTS) is 1. The Kier molecular flexibility index (Phi) is 65.9. The van der Waals surface area contributed by atoms with Crippen molar-refractivity contribution in [3.63, 3.8) is 0 Å². The van der Waals surface area contributed by atoms with Crippen molar-refractivity contribution >= 4 is 17.9 Å². The number of aliphatic carboxylic acids is 1. The Balaban J connectivity index is 3.97. The Bertz CT molecular complexity index is 1440. The van der Waals surface area contributed by atoms with Crippen LogP contribution in [-0.4, -0.2) is 87.4 Å². The fraction of sp³-hybridized carbons (Fsp3) is 0.908. The van der Waals surface area contributed by atoms with Gasteiger partial charge in [-0.3, -0.25) is 9.59 Å². The van der Waals surface area contributed by atoms with Gasteiger partial charge in [0.15, 0.2) is 6.10 Å². The number of allylic oxidation sites excluding steroid dienone is 4. The summed E-state index contributed by atoms with van der Waals surface area (Å²) in [5, 5.41) is 9.75. The Hall–Kier alpha value is -2.23. The van der Waals surface area contributed by atoms with Crippen LogP contribution in [0, 0.1) is 0 Å². The average molecular weight is 1200 g/mol. The van der Waals surface area contributed by atoms with Gasteiger partial charge in [-0.2, -0.15) is 0 Å². The van der Waals surface area contributed by atoms with Crippen LogP contribution >= 0.6 is 0 Å². The molecule has 0 amide bonds. The van der Waals surface area contributed by atoms with Gasteiger partial charge in [-0.05, 0) is 44.9 Å². The summed E-state index contributed by atoms with van der Waals surface area (Å²) < 4.78 is 23.0. The molecule has 0 rings (SSSR count). The monoisotopic (exact) mass is 1200 g/mol. The first-order chi connectivity index (χ1) is 41.6. The first kappa shape index (κ1) is 82.8. The Morgan fingerprint density at radius 1 is 0.353 bits per heavy atom. The van der Waals surface area contributed by atoms with Gasteiger partial charge in [0.1, 0.15) is 13.2 Å². The van der Waals surface area contributed by atoms with Crippen LogP contribution in [0.25, 0.3) is 0 Å². The van der Waals surface area contributed by atoms with E-state index >= 15 is 0 Å². The molecule has 9 heteroatoms. The Morgan fingerprint density at radius 2 is 0.635 bits per heavy atom. The minimum Gasteiger partial charge on any atom is -0.477 e. The number of nitrogens with zero attached hydrogens (tertiary/aromatic N) is 1. The van der Waals surface area contributed by atoms with E-state index in [1.54, 1.807) is 0 Å². The van der Waals surface area contributed by atoms with Crippen LogP contribution < -0.4 is 0 Å². The van der Waals surface area contributed by atoms with Crippen molar-refractivity contribution < 1.29 is 42.9 Å². The number of likely N-dealkylation sites (N-methyl/N-ethyl adjacent to an activating group) is 1. The summed E-state index contributed by atoms with van der Waals surface area (Å²) in [6, 6.07) is 0. The summed E-state index contributed by atoms with van der Waals surface area (Å²) in [5.74, 6) is -1.97. The molecular formula is C76H146NO8+. The third-order valence-corrected chi connectivity index (χ3v) is 17.2. The first-order valence-corrected chi connectivity index (χ1v) is 37.5. The van der Waals surface area contributed by atoms with E-state index in [2.05, 4.69) is 38.2 Å². The highest BCUT2D eigenvalue weighted by atomic mass is 16.7. The quantitative estimate of drug-likeness (QED) is 0.0211. The zero-order valence-electron chi connectivity index (χ0n) is 57.6. The highest BCUT2D eigenvalue weighted by Gasteiger charge is 2.25. The minimum atomic E-state index is -1.51. The molecule has 9 nitrogen and oxygen atoms in total. The van der Waals surface area contributed by atoms with Gasteiger partial charge in [-0.1, -0.05) is 353 Å². The van der Waals surface area contributed by atoms with Gasteiger partial charge in [-0.25, -0.2) is 4.79 Å². The SMILES string of the molecule is CCCCCCC/C=C\C/C=C\CCCCCCCCCCCCCCCCCCCCCCCCCCCC(=O)OC(COC(=O)CCCCCCCCCCCCCCCCCCCCCCCCC)COC(OCC[N+](C)(C)C)C(=O)O. The van der Waals surface area contributed by atoms with Crippen molar-refractivity contribution in [3.05, 3.63) is 24.3 Å². The molecule has 0 spiro atoms. The standard InChI is InChI=1S/C76H145NO8/c1-6-8-10-12-14-16-18-20-22-24-26-28-30-31-32-33-34-35-36-37-38-39-40-41-42-43-45-47-49-51-53-55-57-59-61-63-65-67-74(79)85-72(71-84-76(75(80)81)82-69-68-77(3,4)5)70-83-73(78)66-64-62-60-58-56-54-52-50-48-46-44-29-27-25-23-21-19-17-15-13-11-9-7-2/h18,20,24,26,72,76H,6-17,19,21-23,25,27-71H2,1-5H3/p+1/b20-18-,26-24-. The molecule has 0 bridgehead atoms. The largest absolute Gasteiger partial charge is 0.477 e. The van der Waals surface area contributed by atoms with Crippen molar-refractivity contribution in [1.82, 2.24) is 0 Å². The van der Waals surface area contributed by atoms with Gasteiger partial charge >= 0.3 is 17.9 Å². The Morgan fingerprint density at radius 3 is 0.929 bits per heavy atom. The van der Waals surface area contributed by atoms with E-state index < -0.39 is 18.4 Å². The van der Waals surface area contributed by atoms with Crippen LogP contribution in [0.5, 0.6) is 0 Å². The molecule has 0 saturated heterocycles. The molecule has 2 atom stereocenters. The summed E-state index contributed by atoms with van der Waals surface area (Å²) in [5.41, 5.74) is 0. The number of hydrogen-bond acceptors (Lipinski definition) is 7. The lowest BCUT2D eigenvalue weighted by atomic mass is 10.0. The summed E-state index contributed by atoms with van der Waals surface area (Å²) >= 11 is 0. The van der Waals surface area contributed by atoms with E-state index in [0.29, 0.717) is 17.4 Å². The molecule has 0 aromatic carbocycles. The van der Waals surface area contributed by atoms with E-state index in [-0.39, 0.29) is 38.2 Å². The first-order valence-electron chi connectivity index (χ1n) is 37.5. The molecule has 0 aliphatic heterocycles. The molecule has 0 heterocycles. The van der Waals surface area contributed by atoms with Gasteiger partial charge in [0.25, 0.3) is 6.29 Å². The lowest BCUT2D eigenvalue weighted by molar-refractivity contribution is -0.870.